The van der Waals surface area contributed by atoms with Crippen LogP contribution >= 0.6 is 7.60 Å². The molecule has 4 N–H and O–H groups in total. The highest BCUT2D eigenvalue weighted by Crippen LogP contribution is 2.34. The molecule has 0 spiro atoms. The number of nitrogens with zero attached hydrogens (tertiary/aromatic N) is 4. The maximum absolute atomic E-state index is 13.2. The molecule has 0 bridgehead atoms. The Morgan fingerprint density at radius 3 is 2.28 bits per heavy atom. The molecule has 1 atom stereocenters. The summed E-state index contributed by atoms with van der Waals surface area (Å²) in [5, 5.41) is 16.8. The molecular weight excluding hydrogens is 433 g/mol. The van der Waals surface area contributed by atoms with Gasteiger partial charge in [-0.15, -0.1) is 0 Å². The smallest absolute Gasteiger partial charge is 0.356 e. The maximum Gasteiger partial charge on any atom is 0.356 e. The Balaban J connectivity index is 1.65. The second-order valence-corrected chi connectivity index (χ2v) is 8.43. The molecule has 2 aromatic carbocycles. The first-order valence-corrected chi connectivity index (χ1v) is 11.0. The number of benzene rings is 2. The molecule has 0 radical (unpaired) electrons. The number of aromatic nitrogens is 4. The number of hydrogen-bond donors (Lipinski definition) is 4. The fraction of sp³-hybridized carbons (Fsp3) is 0.0476. The largest absolute Gasteiger partial charge is 0.492 e. The highest BCUT2D eigenvalue weighted by molar-refractivity contribution is 7.60. The Morgan fingerprint density at radius 1 is 1.00 bits per heavy atom. The molecule has 4 aromatic rings. The number of carbonyl (C=O) groups is 1. The van der Waals surface area contributed by atoms with E-state index >= 15 is 0 Å². The zero-order chi connectivity index (χ0) is 22.7. The molecule has 0 aliphatic rings. The lowest BCUT2D eigenvalue weighted by atomic mass is 9.90. The minimum atomic E-state index is -4.41. The van der Waals surface area contributed by atoms with Crippen LogP contribution < -0.4 is 10.6 Å². The van der Waals surface area contributed by atoms with Crippen molar-refractivity contribution in [2.45, 2.75) is 5.92 Å². The maximum atomic E-state index is 13.2. The van der Waals surface area contributed by atoms with E-state index in [4.69, 9.17) is 0 Å². The highest BCUT2D eigenvalue weighted by Gasteiger charge is 2.25. The molecule has 2 aromatic heterocycles. The molecule has 4 rings (SSSR count). The van der Waals surface area contributed by atoms with Gasteiger partial charge in [0.2, 0.25) is 11.8 Å². The molecule has 1 unspecified atom stereocenters. The molecular formula is C21H18N5O5P. The van der Waals surface area contributed by atoms with Crippen LogP contribution in [0.1, 0.15) is 17.0 Å². The second kappa shape index (κ2) is 8.72. The Morgan fingerprint density at radius 2 is 1.69 bits per heavy atom. The van der Waals surface area contributed by atoms with Crippen LogP contribution in [-0.2, 0) is 9.36 Å². The lowest BCUT2D eigenvalue weighted by Crippen LogP contribution is -2.23. The van der Waals surface area contributed by atoms with E-state index in [1.807, 2.05) is 6.07 Å². The summed E-state index contributed by atoms with van der Waals surface area (Å²) in [6.07, 6.45) is 4.42. The minimum Gasteiger partial charge on any atom is -0.492 e. The molecule has 32 heavy (non-hydrogen) atoms. The summed E-state index contributed by atoms with van der Waals surface area (Å²) in [6.45, 7) is 0. The van der Waals surface area contributed by atoms with Crippen LogP contribution in [0.5, 0.6) is 5.88 Å². The third kappa shape index (κ3) is 4.57. The van der Waals surface area contributed by atoms with Crippen LogP contribution in [0.25, 0.3) is 5.95 Å². The number of amides is 1. The number of rotatable bonds is 6. The van der Waals surface area contributed by atoms with E-state index in [1.54, 1.807) is 36.5 Å². The molecule has 0 fully saturated rings. The van der Waals surface area contributed by atoms with Gasteiger partial charge in [-0.3, -0.25) is 9.36 Å². The van der Waals surface area contributed by atoms with Crippen molar-refractivity contribution in [1.29, 1.82) is 0 Å². The number of anilines is 1. The van der Waals surface area contributed by atoms with Crippen LogP contribution in [0.4, 0.5) is 5.69 Å². The molecule has 162 valence electrons. The third-order valence-electron chi connectivity index (χ3n) is 4.68. The lowest BCUT2D eigenvalue weighted by molar-refractivity contribution is -0.116. The topological polar surface area (TPSA) is 150 Å². The molecule has 0 saturated heterocycles. The van der Waals surface area contributed by atoms with E-state index in [-0.39, 0.29) is 16.9 Å². The van der Waals surface area contributed by atoms with Crippen LogP contribution in [0, 0.1) is 0 Å². The molecule has 10 nitrogen and oxygen atoms in total. The SMILES string of the molecule is O=C(Nc1cnc(-n2cccn2)nc1O)C(c1ccccc1)c1ccc(P(=O)(O)O)cc1. The predicted octanol–water partition coefficient (Wildman–Crippen LogP) is 1.94. The van der Waals surface area contributed by atoms with Crippen LogP contribution in [-0.4, -0.2) is 40.5 Å². The van der Waals surface area contributed by atoms with E-state index < -0.39 is 25.3 Å². The predicted molar refractivity (Wildman–Crippen MR) is 116 cm³/mol. The normalized spacial score (nSPS) is 12.3. The summed E-state index contributed by atoms with van der Waals surface area (Å²) >= 11 is 0. The van der Waals surface area contributed by atoms with Gasteiger partial charge < -0.3 is 20.2 Å². The summed E-state index contributed by atoms with van der Waals surface area (Å²) < 4.78 is 12.8. The van der Waals surface area contributed by atoms with Gasteiger partial charge in [0.25, 0.3) is 5.95 Å². The second-order valence-electron chi connectivity index (χ2n) is 6.83. The molecule has 11 heteroatoms. The average molecular weight is 451 g/mol. The van der Waals surface area contributed by atoms with Crippen molar-refractivity contribution in [3.63, 3.8) is 0 Å². The number of carbonyl (C=O) groups excluding carboxylic acids is 1. The Hall–Kier alpha value is -3.85. The van der Waals surface area contributed by atoms with Crippen molar-refractivity contribution in [1.82, 2.24) is 19.7 Å². The van der Waals surface area contributed by atoms with E-state index in [0.29, 0.717) is 11.1 Å². The van der Waals surface area contributed by atoms with Gasteiger partial charge in [0, 0.05) is 12.4 Å². The lowest BCUT2D eigenvalue weighted by Gasteiger charge is -2.18. The Kier molecular flexibility index (Phi) is 5.83. The van der Waals surface area contributed by atoms with E-state index in [9.17, 15) is 24.3 Å². The average Bonchev–Trinajstić information content (AvgIpc) is 3.31. The van der Waals surface area contributed by atoms with Crippen molar-refractivity contribution in [2.24, 2.45) is 0 Å². The monoisotopic (exact) mass is 451 g/mol. The van der Waals surface area contributed by atoms with Gasteiger partial charge in [0.1, 0.15) is 5.69 Å². The van der Waals surface area contributed by atoms with Gasteiger partial charge in [-0.25, -0.2) is 9.67 Å². The minimum absolute atomic E-state index is 0.0127. The van der Waals surface area contributed by atoms with Gasteiger partial charge >= 0.3 is 7.60 Å². The standard InChI is InChI=1S/C21H18N5O5P/c27-19-17(13-22-21(25-19)26-12-4-11-23-26)24-20(28)18(14-5-2-1-3-6-14)15-7-9-16(10-8-15)32(29,30)31/h1-13,18H,(H,24,28)(H,22,25,27)(H2,29,30,31). The van der Waals surface area contributed by atoms with Crippen molar-refractivity contribution in [3.8, 4) is 11.8 Å². The summed E-state index contributed by atoms with van der Waals surface area (Å²) in [7, 11) is -4.41. The van der Waals surface area contributed by atoms with Crippen molar-refractivity contribution in [3.05, 3.63) is 90.4 Å². The summed E-state index contributed by atoms with van der Waals surface area (Å²) in [4.78, 5) is 40.0. The molecule has 2 heterocycles. The Bertz CT molecular complexity index is 1270. The van der Waals surface area contributed by atoms with Gasteiger partial charge in [-0.2, -0.15) is 10.1 Å². The summed E-state index contributed by atoms with van der Waals surface area (Å²) in [6, 6.07) is 16.1. The van der Waals surface area contributed by atoms with E-state index in [0.717, 1.165) is 0 Å². The van der Waals surface area contributed by atoms with Crippen LogP contribution in [0.2, 0.25) is 0 Å². The summed E-state index contributed by atoms with van der Waals surface area (Å²) in [5.74, 6) is -1.58. The highest BCUT2D eigenvalue weighted by atomic mass is 31.2. The Labute approximate surface area is 182 Å². The van der Waals surface area contributed by atoms with Gasteiger partial charge in [-0.05, 0) is 29.3 Å². The molecule has 0 aliphatic carbocycles. The van der Waals surface area contributed by atoms with E-state index in [2.05, 4.69) is 20.4 Å². The van der Waals surface area contributed by atoms with Gasteiger partial charge in [0.05, 0.1) is 17.4 Å². The zero-order valence-corrected chi connectivity index (χ0v) is 17.4. The van der Waals surface area contributed by atoms with Crippen molar-refractivity contribution >= 4 is 24.5 Å². The van der Waals surface area contributed by atoms with Crippen LogP contribution in [0.15, 0.2) is 79.3 Å². The summed E-state index contributed by atoms with van der Waals surface area (Å²) in [5.41, 5.74) is 1.18. The zero-order valence-electron chi connectivity index (χ0n) is 16.5. The third-order valence-corrected chi connectivity index (χ3v) is 5.65. The molecule has 0 aliphatic heterocycles. The van der Waals surface area contributed by atoms with Crippen LogP contribution in [0.3, 0.4) is 0 Å². The van der Waals surface area contributed by atoms with Gasteiger partial charge in [0.15, 0.2) is 0 Å². The first-order valence-electron chi connectivity index (χ1n) is 9.41. The number of hydrogen-bond acceptors (Lipinski definition) is 6. The molecule has 1 amide bonds. The fourth-order valence-corrected chi connectivity index (χ4v) is 3.69. The van der Waals surface area contributed by atoms with E-state index in [1.165, 1.54) is 41.3 Å². The fourth-order valence-electron chi connectivity index (χ4n) is 3.16. The number of nitrogens with one attached hydrogen (secondary N) is 1. The first kappa shape index (κ1) is 21.4. The first-order chi connectivity index (χ1) is 15.3. The van der Waals surface area contributed by atoms with Crippen molar-refractivity contribution < 1.29 is 24.3 Å². The van der Waals surface area contributed by atoms with Gasteiger partial charge in [-0.1, -0.05) is 42.5 Å². The quantitative estimate of drug-likeness (QED) is 0.325. The molecule has 0 saturated carbocycles. The van der Waals surface area contributed by atoms with Crippen molar-refractivity contribution in [2.75, 3.05) is 5.32 Å². The number of aromatic hydroxyl groups is 1.